The zero-order chi connectivity index (χ0) is 24.0. The lowest BCUT2D eigenvalue weighted by atomic mass is 10.0. The second kappa shape index (κ2) is 10.9. The fourth-order valence-corrected chi connectivity index (χ4v) is 5.24. The number of benzene rings is 2. The third kappa shape index (κ3) is 6.42. The highest BCUT2D eigenvalue weighted by atomic mass is 32.2. The largest absolute Gasteiger partial charge is 0.452 e. The molecule has 1 aliphatic heterocycles. The van der Waals surface area contributed by atoms with Gasteiger partial charge in [0, 0.05) is 25.7 Å². The molecule has 0 unspecified atom stereocenters. The van der Waals surface area contributed by atoms with Gasteiger partial charge in [0.2, 0.25) is 10.0 Å². The molecule has 33 heavy (non-hydrogen) atoms. The predicted molar refractivity (Wildman–Crippen MR) is 126 cm³/mol. The predicted octanol–water partition coefficient (Wildman–Crippen LogP) is 3.70. The van der Waals surface area contributed by atoms with Crippen molar-refractivity contribution in [2.24, 2.45) is 5.92 Å². The van der Waals surface area contributed by atoms with Crippen molar-refractivity contribution in [3.63, 3.8) is 0 Å². The topological polar surface area (TPSA) is 84.0 Å². The van der Waals surface area contributed by atoms with Crippen molar-refractivity contribution in [2.45, 2.75) is 51.1 Å². The quantitative estimate of drug-likeness (QED) is 0.547. The molecule has 7 nitrogen and oxygen atoms in total. The number of carbonyl (C=O) groups is 2. The Morgan fingerprint density at radius 2 is 1.64 bits per heavy atom. The van der Waals surface area contributed by atoms with Gasteiger partial charge in [-0.1, -0.05) is 37.3 Å². The molecule has 0 aliphatic carbocycles. The Morgan fingerprint density at radius 3 is 2.21 bits per heavy atom. The molecule has 0 radical (unpaired) electrons. The van der Waals surface area contributed by atoms with E-state index in [4.69, 9.17) is 4.74 Å². The van der Waals surface area contributed by atoms with E-state index in [1.807, 2.05) is 44.2 Å². The first-order chi connectivity index (χ1) is 15.7. The highest BCUT2D eigenvalue weighted by molar-refractivity contribution is 7.89. The van der Waals surface area contributed by atoms with Gasteiger partial charge in [0.15, 0.2) is 6.61 Å². The van der Waals surface area contributed by atoms with Crippen molar-refractivity contribution < 1.29 is 22.7 Å². The lowest BCUT2D eigenvalue weighted by Gasteiger charge is -2.29. The van der Waals surface area contributed by atoms with Crippen LogP contribution in [0.1, 0.15) is 49.5 Å². The third-order valence-electron chi connectivity index (χ3n) is 5.94. The average Bonchev–Trinajstić information content (AvgIpc) is 2.81. The number of piperidine rings is 1. The number of hydrogen-bond donors (Lipinski definition) is 0. The van der Waals surface area contributed by atoms with Crippen molar-refractivity contribution in [1.82, 2.24) is 9.21 Å². The van der Waals surface area contributed by atoms with E-state index in [2.05, 4.69) is 6.92 Å². The van der Waals surface area contributed by atoms with Crippen LogP contribution in [0.5, 0.6) is 0 Å². The lowest BCUT2D eigenvalue weighted by Crippen LogP contribution is -2.39. The van der Waals surface area contributed by atoms with Crippen molar-refractivity contribution in [2.75, 3.05) is 19.7 Å². The second-order valence-corrected chi connectivity index (χ2v) is 10.7. The Kier molecular flexibility index (Phi) is 8.26. The summed E-state index contributed by atoms with van der Waals surface area (Å²) in [5.74, 6) is -0.432. The molecule has 0 spiro atoms. The summed E-state index contributed by atoms with van der Waals surface area (Å²) >= 11 is 0. The Labute approximate surface area is 196 Å². The first-order valence-corrected chi connectivity index (χ1v) is 12.7. The zero-order valence-electron chi connectivity index (χ0n) is 19.4. The summed E-state index contributed by atoms with van der Waals surface area (Å²) in [7, 11) is -3.58. The Balaban J connectivity index is 1.59. The number of sulfonamides is 1. The summed E-state index contributed by atoms with van der Waals surface area (Å²) in [6.45, 7) is 6.99. The van der Waals surface area contributed by atoms with Crippen LogP contribution in [0.15, 0.2) is 59.5 Å². The number of ether oxygens (including phenoxy) is 1. The van der Waals surface area contributed by atoms with Crippen LogP contribution < -0.4 is 0 Å². The standard InChI is InChI=1S/C25H32N2O5S/c1-19(2)27(17-21-7-5-4-6-8-21)24(28)18-32-25(29)22-9-11-23(12-10-22)33(30,31)26-15-13-20(3)14-16-26/h4-12,19-20H,13-18H2,1-3H3. The van der Waals surface area contributed by atoms with Gasteiger partial charge in [-0.15, -0.1) is 0 Å². The molecule has 0 bridgehead atoms. The average molecular weight is 473 g/mol. The summed E-state index contributed by atoms with van der Waals surface area (Å²) in [4.78, 5) is 26.9. The van der Waals surface area contributed by atoms with Gasteiger partial charge in [-0.25, -0.2) is 13.2 Å². The molecule has 178 valence electrons. The molecule has 0 aromatic heterocycles. The SMILES string of the molecule is CC1CCN(S(=O)(=O)c2ccc(C(=O)OCC(=O)N(Cc3ccccc3)C(C)C)cc2)CC1. The van der Waals surface area contributed by atoms with Crippen LogP contribution in [0.3, 0.4) is 0 Å². The number of rotatable bonds is 8. The molecule has 1 amide bonds. The van der Waals surface area contributed by atoms with Crippen molar-refractivity contribution in [1.29, 1.82) is 0 Å². The maximum absolute atomic E-state index is 12.8. The molecule has 2 aromatic carbocycles. The molecule has 1 saturated heterocycles. The van der Waals surface area contributed by atoms with Gasteiger partial charge in [-0.3, -0.25) is 4.79 Å². The first-order valence-electron chi connectivity index (χ1n) is 11.3. The van der Waals surface area contributed by atoms with Crippen LogP contribution in [0, 0.1) is 5.92 Å². The van der Waals surface area contributed by atoms with Gasteiger partial charge in [0.25, 0.3) is 5.91 Å². The minimum atomic E-state index is -3.58. The molecular formula is C25H32N2O5S. The maximum atomic E-state index is 12.8. The summed E-state index contributed by atoms with van der Waals surface area (Å²) in [6.07, 6.45) is 1.69. The van der Waals surface area contributed by atoms with Crippen molar-refractivity contribution in [3.8, 4) is 0 Å². The Morgan fingerprint density at radius 1 is 1.03 bits per heavy atom. The van der Waals surface area contributed by atoms with Crippen LogP contribution in [-0.2, 0) is 26.1 Å². The number of nitrogens with zero attached hydrogens (tertiary/aromatic N) is 2. The highest BCUT2D eigenvalue weighted by Gasteiger charge is 2.28. The third-order valence-corrected chi connectivity index (χ3v) is 7.85. The Hall–Kier alpha value is -2.71. The molecule has 3 rings (SSSR count). The highest BCUT2D eigenvalue weighted by Crippen LogP contribution is 2.23. The van der Waals surface area contributed by atoms with E-state index in [0.717, 1.165) is 18.4 Å². The molecule has 1 fully saturated rings. The molecule has 8 heteroatoms. The van der Waals surface area contributed by atoms with Gasteiger partial charge in [-0.05, 0) is 62.4 Å². The summed E-state index contributed by atoms with van der Waals surface area (Å²) < 4.78 is 32.4. The molecule has 2 aromatic rings. The van der Waals surface area contributed by atoms with E-state index >= 15 is 0 Å². The van der Waals surface area contributed by atoms with Gasteiger partial charge < -0.3 is 9.64 Å². The maximum Gasteiger partial charge on any atom is 0.338 e. The lowest BCUT2D eigenvalue weighted by molar-refractivity contribution is -0.136. The Bertz CT molecular complexity index is 1040. The molecule has 1 aliphatic rings. The first kappa shape index (κ1) is 24.9. The van der Waals surface area contributed by atoms with E-state index in [1.54, 1.807) is 4.90 Å². The number of hydrogen-bond acceptors (Lipinski definition) is 5. The van der Waals surface area contributed by atoms with Gasteiger partial charge >= 0.3 is 5.97 Å². The van der Waals surface area contributed by atoms with Gasteiger partial charge in [0.05, 0.1) is 10.5 Å². The smallest absolute Gasteiger partial charge is 0.338 e. The molecule has 0 saturated carbocycles. The number of esters is 1. The van der Waals surface area contributed by atoms with E-state index in [-0.39, 0.29) is 29.0 Å². The van der Waals surface area contributed by atoms with Crippen LogP contribution >= 0.6 is 0 Å². The van der Waals surface area contributed by atoms with Crippen LogP contribution in [-0.4, -0.2) is 55.2 Å². The summed E-state index contributed by atoms with van der Waals surface area (Å²) in [5.41, 5.74) is 1.19. The van der Waals surface area contributed by atoms with E-state index in [9.17, 15) is 18.0 Å². The van der Waals surface area contributed by atoms with Crippen LogP contribution in [0.4, 0.5) is 0 Å². The van der Waals surface area contributed by atoms with Gasteiger partial charge in [0.1, 0.15) is 0 Å². The monoisotopic (exact) mass is 472 g/mol. The fourth-order valence-electron chi connectivity index (χ4n) is 3.77. The normalized spacial score (nSPS) is 15.4. The minimum absolute atomic E-state index is 0.0568. The minimum Gasteiger partial charge on any atom is -0.452 e. The van der Waals surface area contributed by atoms with E-state index < -0.39 is 16.0 Å². The molecule has 0 N–H and O–H groups in total. The molecular weight excluding hydrogens is 440 g/mol. The molecule has 0 atom stereocenters. The van der Waals surface area contributed by atoms with Crippen molar-refractivity contribution in [3.05, 3.63) is 65.7 Å². The fraction of sp³-hybridized carbons (Fsp3) is 0.440. The van der Waals surface area contributed by atoms with Crippen molar-refractivity contribution >= 4 is 21.9 Å². The van der Waals surface area contributed by atoms with Crippen LogP contribution in [0.25, 0.3) is 0 Å². The van der Waals surface area contributed by atoms with E-state index in [0.29, 0.717) is 25.6 Å². The van der Waals surface area contributed by atoms with Crippen LogP contribution in [0.2, 0.25) is 0 Å². The number of carbonyl (C=O) groups excluding carboxylic acids is 2. The zero-order valence-corrected chi connectivity index (χ0v) is 20.3. The van der Waals surface area contributed by atoms with Gasteiger partial charge in [-0.2, -0.15) is 4.31 Å². The second-order valence-electron chi connectivity index (χ2n) is 8.79. The summed E-state index contributed by atoms with van der Waals surface area (Å²) in [5, 5.41) is 0. The number of amides is 1. The summed E-state index contributed by atoms with van der Waals surface area (Å²) in [6, 6.07) is 15.2. The van der Waals surface area contributed by atoms with E-state index in [1.165, 1.54) is 28.6 Å². The molecule has 1 heterocycles.